The van der Waals surface area contributed by atoms with Crippen LogP contribution in [0.5, 0.6) is 0 Å². The maximum Gasteiger partial charge on any atom is 0.0485 e. The van der Waals surface area contributed by atoms with E-state index in [2.05, 4.69) is 18.1 Å². The molecule has 0 aliphatic rings. The number of thiol groups is 1. The molecule has 1 aromatic rings. The average molecular weight is 191 g/mol. The molecule has 62 valence electrons. The van der Waals surface area contributed by atoms with Crippen molar-refractivity contribution in [1.82, 2.24) is 0 Å². The van der Waals surface area contributed by atoms with E-state index in [1.165, 1.54) is 5.56 Å². The van der Waals surface area contributed by atoms with Crippen LogP contribution in [-0.4, -0.2) is 0 Å². The maximum absolute atomic E-state index is 5.17. The molecule has 0 unspecified atom stereocenters. The van der Waals surface area contributed by atoms with Gasteiger partial charge in [-0.1, -0.05) is 12.1 Å². The number of hydrazine groups is 1. The minimum atomic E-state index is 0. The zero-order valence-electron chi connectivity index (χ0n) is 5.95. The summed E-state index contributed by atoms with van der Waals surface area (Å²) in [6.45, 7) is 0. The standard InChI is InChI=1S/C7H10N2S.ClH/c8-9-7-3-1-6(5-10)2-4-7;/h1-4,9-10H,5,8H2;1H. The summed E-state index contributed by atoms with van der Waals surface area (Å²) in [5.41, 5.74) is 4.67. The third-order valence-corrected chi connectivity index (χ3v) is 1.67. The summed E-state index contributed by atoms with van der Waals surface area (Å²) in [5, 5.41) is 0. The van der Waals surface area contributed by atoms with Crippen molar-refractivity contribution in [2.24, 2.45) is 5.84 Å². The summed E-state index contributed by atoms with van der Waals surface area (Å²) in [6, 6.07) is 7.82. The number of benzene rings is 1. The predicted octanol–water partition coefficient (Wildman–Crippen LogP) is 1.82. The lowest BCUT2D eigenvalue weighted by Crippen LogP contribution is -2.06. The van der Waals surface area contributed by atoms with Gasteiger partial charge in [0.2, 0.25) is 0 Å². The molecule has 4 heteroatoms. The second-order valence-electron chi connectivity index (χ2n) is 2.00. The van der Waals surface area contributed by atoms with Gasteiger partial charge < -0.3 is 5.43 Å². The van der Waals surface area contributed by atoms with Crippen LogP contribution in [0.25, 0.3) is 0 Å². The molecule has 11 heavy (non-hydrogen) atoms. The van der Waals surface area contributed by atoms with E-state index in [1.807, 2.05) is 24.3 Å². The van der Waals surface area contributed by atoms with Crippen molar-refractivity contribution in [1.29, 1.82) is 0 Å². The van der Waals surface area contributed by atoms with Crippen LogP contribution in [0.3, 0.4) is 0 Å². The van der Waals surface area contributed by atoms with Gasteiger partial charge in [0.05, 0.1) is 0 Å². The Morgan fingerprint density at radius 3 is 2.18 bits per heavy atom. The Labute approximate surface area is 78.0 Å². The molecule has 0 amide bonds. The monoisotopic (exact) mass is 190 g/mol. The Morgan fingerprint density at radius 2 is 1.82 bits per heavy atom. The van der Waals surface area contributed by atoms with Gasteiger partial charge in [0.1, 0.15) is 0 Å². The molecule has 1 aromatic carbocycles. The lowest BCUT2D eigenvalue weighted by atomic mass is 10.2. The first-order chi connectivity index (χ1) is 4.86. The highest BCUT2D eigenvalue weighted by Crippen LogP contribution is 2.08. The first-order valence-electron chi connectivity index (χ1n) is 3.03. The molecular weight excluding hydrogens is 180 g/mol. The fourth-order valence-corrected chi connectivity index (χ4v) is 0.917. The molecule has 0 aromatic heterocycles. The summed E-state index contributed by atoms with van der Waals surface area (Å²) in [4.78, 5) is 0. The number of halogens is 1. The fraction of sp³-hybridized carbons (Fsp3) is 0.143. The maximum atomic E-state index is 5.17. The third-order valence-electron chi connectivity index (χ3n) is 1.30. The molecule has 0 bridgehead atoms. The van der Waals surface area contributed by atoms with Crippen molar-refractivity contribution in [3.63, 3.8) is 0 Å². The van der Waals surface area contributed by atoms with E-state index in [0.717, 1.165) is 11.4 Å². The minimum absolute atomic E-state index is 0. The molecule has 2 nitrogen and oxygen atoms in total. The largest absolute Gasteiger partial charge is 0.324 e. The van der Waals surface area contributed by atoms with Crippen molar-refractivity contribution < 1.29 is 0 Å². The van der Waals surface area contributed by atoms with Gasteiger partial charge in [0, 0.05) is 11.4 Å². The van der Waals surface area contributed by atoms with Crippen LogP contribution in [0.2, 0.25) is 0 Å². The first kappa shape index (κ1) is 10.6. The quantitative estimate of drug-likeness (QED) is 0.378. The Kier molecular flexibility index (Phi) is 5.11. The molecule has 1 rings (SSSR count). The molecule has 0 atom stereocenters. The van der Waals surface area contributed by atoms with E-state index in [4.69, 9.17) is 5.84 Å². The van der Waals surface area contributed by atoms with Crippen LogP contribution >= 0.6 is 25.0 Å². The average Bonchev–Trinajstić information content (AvgIpc) is 2.05. The van der Waals surface area contributed by atoms with Crippen molar-refractivity contribution in [3.05, 3.63) is 29.8 Å². The lowest BCUT2D eigenvalue weighted by Gasteiger charge is -1.99. The zero-order valence-corrected chi connectivity index (χ0v) is 7.66. The van der Waals surface area contributed by atoms with Gasteiger partial charge in [-0.2, -0.15) is 12.6 Å². The predicted molar refractivity (Wildman–Crippen MR) is 54.2 cm³/mol. The number of nitrogens with one attached hydrogen (secondary N) is 1. The minimum Gasteiger partial charge on any atom is -0.324 e. The van der Waals surface area contributed by atoms with Gasteiger partial charge in [-0.15, -0.1) is 12.4 Å². The van der Waals surface area contributed by atoms with Gasteiger partial charge in [-0.05, 0) is 17.7 Å². The Bertz CT molecular complexity index is 177. The summed E-state index contributed by atoms with van der Waals surface area (Å²) >= 11 is 4.12. The van der Waals surface area contributed by atoms with E-state index in [0.29, 0.717) is 0 Å². The van der Waals surface area contributed by atoms with Crippen molar-refractivity contribution in [3.8, 4) is 0 Å². The smallest absolute Gasteiger partial charge is 0.0485 e. The third kappa shape index (κ3) is 3.01. The molecule has 3 N–H and O–H groups in total. The van der Waals surface area contributed by atoms with E-state index in [1.54, 1.807) is 0 Å². The van der Waals surface area contributed by atoms with E-state index < -0.39 is 0 Å². The second-order valence-corrected chi connectivity index (χ2v) is 2.32. The van der Waals surface area contributed by atoms with Crippen LogP contribution < -0.4 is 11.3 Å². The summed E-state index contributed by atoms with van der Waals surface area (Å²) in [7, 11) is 0. The lowest BCUT2D eigenvalue weighted by molar-refractivity contribution is 1.33. The van der Waals surface area contributed by atoms with Crippen molar-refractivity contribution in [2.45, 2.75) is 5.75 Å². The highest BCUT2D eigenvalue weighted by Gasteiger charge is 1.88. The molecule has 0 radical (unpaired) electrons. The van der Waals surface area contributed by atoms with Crippen LogP contribution in [0.4, 0.5) is 5.69 Å². The highest BCUT2D eigenvalue weighted by atomic mass is 35.5. The molecule has 0 spiro atoms. The van der Waals surface area contributed by atoms with Crippen LogP contribution in [0, 0.1) is 0 Å². The number of rotatable bonds is 2. The van der Waals surface area contributed by atoms with Gasteiger partial charge in [-0.3, -0.25) is 5.84 Å². The van der Waals surface area contributed by atoms with E-state index in [-0.39, 0.29) is 12.4 Å². The molecular formula is C7H11ClN2S. The fourth-order valence-electron chi connectivity index (χ4n) is 0.706. The second kappa shape index (κ2) is 5.29. The van der Waals surface area contributed by atoms with Crippen molar-refractivity contribution >= 4 is 30.7 Å². The molecule has 0 saturated carbocycles. The topological polar surface area (TPSA) is 38.0 Å². The van der Waals surface area contributed by atoms with E-state index >= 15 is 0 Å². The Morgan fingerprint density at radius 1 is 1.27 bits per heavy atom. The normalized spacial score (nSPS) is 8.55. The van der Waals surface area contributed by atoms with Gasteiger partial charge >= 0.3 is 0 Å². The van der Waals surface area contributed by atoms with Crippen LogP contribution in [-0.2, 0) is 5.75 Å². The summed E-state index contributed by atoms with van der Waals surface area (Å²) < 4.78 is 0. The summed E-state index contributed by atoms with van der Waals surface area (Å²) in [5.74, 6) is 5.94. The number of nitrogen functional groups attached to an aromatic ring is 1. The van der Waals surface area contributed by atoms with Gasteiger partial charge in [-0.25, -0.2) is 0 Å². The molecule has 0 fully saturated rings. The Balaban J connectivity index is 0.000001000. The number of hydrogen-bond acceptors (Lipinski definition) is 3. The highest BCUT2D eigenvalue weighted by molar-refractivity contribution is 7.79. The molecule has 0 heterocycles. The number of nitrogens with two attached hydrogens (primary N) is 1. The van der Waals surface area contributed by atoms with E-state index in [9.17, 15) is 0 Å². The summed E-state index contributed by atoms with van der Waals surface area (Å²) in [6.07, 6.45) is 0. The Hall–Kier alpha value is -0.380. The van der Waals surface area contributed by atoms with Crippen LogP contribution in [0.1, 0.15) is 5.56 Å². The molecule has 0 aliphatic carbocycles. The van der Waals surface area contributed by atoms with Crippen LogP contribution in [0.15, 0.2) is 24.3 Å². The molecule has 0 saturated heterocycles. The number of hydrogen-bond donors (Lipinski definition) is 3. The first-order valence-corrected chi connectivity index (χ1v) is 3.66. The zero-order chi connectivity index (χ0) is 7.40. The molecule has 0 aliphatic heterocycles. The van der Waals surface area contributed by atoms with Gasteiger partial charge in [0.15, 0.2) is 0 Å². The SMILES string of the molecule is Cl.NNc1ccc(CS)cc1. The number of anilines is 1. The van der Waals surface area contributed by atoms with Gasteiger partial charge in [0.25, 0.3) is 0 Å². The van der Waals surface area contributed by atoms with Crippen molar-refractivity contribution in [2.75, 3.05) is 5.43 Å².